The first kappa shape index (κ1) is 16.7. The van der Waals surface area contributed by atoms with E-state index >= 15 is 0 Å². The van der Waals surface area contributed by atoms with Crippen LogP contribution in [-0.4, -0.2) is 45.2 Å². The predicted molar refractivity (Wildman–Crippen MR) is 92.5 cm³/mol. The zero-order chi connectivity index (χ0) is 17.3. The van der Waals surface area contributed by atoms with Gasteiger partial charge in [0.2, 0.25) is 10.0 Å². The van der Waals surface area contributed by atoms with E-state index in [-0.39, 0.29) is 17.6 Å². The van der Waals surface area contributed by atoms with Crippen molar-refractivity contribution in [3.8, 4) is 5.75 Å². The first-order valence-corrected chi connectivity index (χ1v) is 9.46. The Morgan fingerprint density at radius 3 is 2.62 bits per heavy atom. The summed E-state index contributed by atoms with van der Waals surface area (Å²) < 4.78 is 27.8. The molecule has 0 saturated carbocycles. The van der Waals surface area contributed by atoms with E-state index in [0.29, 0.717) is 25.1 Å². The van der Waals surface area contributed by atoms with E-state index in [0.717, 1.165) is 16.5 Å². The quantitative estimate of drug-likeness (QED) is 0.909. The van der Waals surface area contributed by atoms with Gasteiger partial charge in [0, 0.05) is 24.0 Å². The van der Waals surface area contributed by atoms with Crippen LogP contribution in [0.3, 0.4) is 0 Å². The number of amides is 1. The second-order valence-corrected chi connectivity index (χ2v) is 7.76. The van der Waals surface area contributed by atoms with Crippen molar-refractivity contribution in [1.82, 2.24) is 4.90 Å². The lowest BCUT2D eigenvalue weighted by Crippen LogP contribution is -2.31. The third-order valence-electron chi connectivity index (χ3n) is 4.38. The minimum Gasteiger partial charge on any atom is -0.496 e. The second-order valence-electron chi connectivity index (χ2n) is 6.10. The van der Waals surface area contributed by atoms with E-state index in [1.165, 1.54) is 0 Å². The van der Waals surface area contributed by atoms with Gasteiger partial charge in [0.25, 0.3) is 5.91 Å². The number of rotatable bonds is 4. The van der Waals surface area contributed by atoms with Crippen LogP contribution in [0.2, 0.25) is 0 Å². The standard InChI is InChI=1S/C17H20N2O4S/c1-23-16-7-6-15(13-4-2-3-5-14(13)16)17(20)19-9-8-12(10-19)11-24(18,21)22/h2-7,12H,8-11H2,1H3,(H2,18,21,22). The van der Waals surface area contributed by atoms with Crippen LogP contribution in [-0.2, 0) is 10.0 Å². The van der Waals surface area contributed by atoms with Crippen LogP contribution in [0.5, 0.6) is 5.75 Å². The SMILES string of the molecule is COc1ccc(C(=O)N2CCC(CS(N)(=O)=O)C2)c2ccccc12. The number of fused-ring (bicyclic) bond motifs is 1. The topological polar surface area (TPSA) is 89.7 Å². The fourth-order valence-electron chi connectivity index (χ4n) is 3.29. The van der Waals surface area contributed by atoms with Gasteiger partial charge in [0.15, 0.2) is 0 Å². The minimum absolute atomic E-state index is 0.0832. The number of likely N-dealkylation sites (tertiary alicyclic amines) is 1. The summed E-state index contributed by atoms with van der Waals surface area (Å²) in [7, 11) is -1.92. The summed E-state index contributed by atoms with van der Waals surface area (Å²) in [6.07, 6.45) is 0.649. The summed E-state index contributed by atoms with van der Waals surface area (Å²) >= 11 is 0. The molecule has 1 atom stereocenters. The van der Waals surface area contributed by atoms with Crippen LogP contribution >= 0.6 is 0 Å². The molecule has 1 aliphatic rings. The fraction of sp³-hybridized carbons (Fsp3) is 0.353. The van der Waals surface area contributed by atoms with Gasteiger partial charge in [-0.25, -0.2) is 13.6 Å². The van der Waals surface area contributed by atoms with Crippen LogP contribution in [0.4, 0.5) is 0 Å². The molecule has 2 aromatic rings. The van der Waals surface area contributed by atoms with Crippen molar-refractivity contribution in [1.29, 1.82) is 0 Å². The monoisotopic (exact) mass is 348 g/mol. The zero-order valence-electron chi connectivity index (χ0n) is 13.4. The molecule has 0 spiro atoms. The van der Waals surface area contributed by atoms with Gasteiger partial charge in [-0.1, -0.05) is 24.3 Å². The molecule has 7 heteroatoms. The van der Waals surface area contributed by atoms with Crippen molar-refractivity contribution in [2.24, 2.45) is 11.1 Å². The van der Waals surface area contributed by atoms with Gasteiger partial charge in [-0.05, 0) is 29.9 Å². The van der Waals surface area contributed by atoms with Crippen molar-refractivity contribution in [3.63, 3.8) is 0 Å². The first-order chi connectivity index (χ1) is 11.4. The van der Waals surface area contributed by atoms with Gasteiger partial charge in [0.05, 0.1) is 12.9 Å². The average Bonchev–Trinajstić information content (AvgIpc) is 2.99. The maximum atomic E-state index is 12.9. The molecule has 0 aromatic heterocycles. The highest BCUT2D eigenvalue weighted by atomic mass is 32.2. The second kappa shape index (κ2) is 6.41. The Labute approximate surface area is 141 Å². The summed E-state index contributed by atoms with van der Waals surface area (Å²) in [6, 6.07) is 11.1. The van der Waals surface area contributed by atoms with Gasteiger partial charge in [0.1, 0.15) is 5.75 Å². The average molecular weight is 348 g/mol. The lowest BCUT2D eigenvalue weighted by Gasteiger charge is -2.18. The van der Waals surface area contributed by atoms with Gasteiger partial charge < -0.3 is 9.64 Å². The molecule has 1 unspecified atom stereocenters. The van der Waals surface area contributed by atoms with Crippen molar-refractivity contribution in [2.45, 2.75) is 6.42 Å². The molecule has 1 heterocycles. The third kappa shape index (κ3) is 3.37. The highest BCUT2D eigenvalue weighted by Crippen LogP contribution is 2.30. The maximum absolute atomic E-state index is 12.9. The molecule has 1 saturated heterocycles. The van der Waals surface area contributed by atoms with Gasteiger partial charge in [-0.15, -0.1) is 0 Å². The lowest BCUT2D eigenvalue weighted by molar-refractivity contribution is 0.0790. The molecule has 6 nitrogen and oxygen atoms in total. The Hall–Kier alpha value is -2.12. The number of hydrogen-bond acceptors (Lipinski definition) is 4. The van der Waals surface area contributed by atoms with Gasteiger partial charge in [-0.3, -0.25) is 4.79 Å². The van der Waals surface area contributed by atoms with Crippen LogP contribution in [0.25, 0.3) is 10.8 Å². The number of nitrogens with zero attached hydrogens (tertiary/aromatic N) is 1. The van der Waals surface area contributed by atoms with Gasteiger partial charge in [-0.2, -0.15) is 0 Å². The Kier molecular flexibility index (Phi) is 4.47. The number of ether oxygens (including phenoxy) is 1. The molecule has 1 aliphatic heterocycles. The molecule has 1 amide bonds. The molecule has 0 aliphatic carbocycles. The summed E-state index contributed by atoms with van der Waals surface area (Å²) in [6.45, 7) is 0.953. The van der Waals surface area contributed by atoms with Crippen molar-refractivity contribution >= 4 is 26.7 Å². The fourth-order valence-corrected chi connectivity index (χ4v) is 4.22. The molecule has 3 rings (SSSR count). The van der Waals surface area contributed by atoms with Gasteiger partial charge >= 0.3 is 0 Å². The van der Waals surface area contributed by atoms with E-state index < -0.39 is 10.0 Å². The minimum atomic E-state index is -3.52. The molecule has 2 N–H and O–H groups in total. The van der Waals surface area contributed by atoms with E-state index in [4.69, 9.17) is 9.88 Å². The third-order valence-corrected chi connectivity index (χ3v) is 5.31. The summed E-state index contributed by atoms with van der Waals surface area (Å²) in [5, 5.41) is 6.82. The number of methoxy groups -OCH3 is 1. The van der Waals surface area contributed by atoms with Crippen molar-refractivity contribution in [3.05, 3.63) is 42.0 Å². The molecule has 24 heavy (non-hydrogen) atoms. The largest absolute Gasteiger partial charge is 0.496 e. The molecular weight excluding hydrogens is 328 g/mol. The van der Waals surface area contributed by atoms with Crippen LogP contribution < -0.4 is 9.88 Å². The van der Waals surface area contributed by atoms with Crippen LogP contribution in [0.1, 0.15) is 16.8 Å². The van der Waals surface area contributed by atoms with Crippen LogP contribution in [0.15, 0.2) is 36.4 Å². The summed E-state index contributed by atoms with van der Waals surface area (Å²) in [5.74, 6) is 0.440. The smallest absolute Gasteiger partial charge is 0.254 e. The summed E-state index contributed by atoms with van der Waals surface area (Å²) in [5.41, 5.74) is 0.600. The number of carbonyl (C=O) groups is 1. The number of nitrogens with two attached hydrogens (primary N) is 1. The first-order valence-electron chi connectivity index (χ1n) is 7.74. The Balaban J connectivity index is 1.88. The maximum Gasteiger partial charge on any atom is 0.254 e. The number of benzene rings is 2. The molecule has 0 bridgehead atoms. The lowest BCUT2D eigenvalue weighted by atomic mass is 10.0. The highest BCUT2D eigenvalue weighted by Gasteiger charge is 2.30. The van der Waals surface area contributed by atoms with Crippen molar-refractivity contribution in [2.75, 3.05) is 26.0 Å². The molecular formula is C17H20N2O4S. The normalized spacial score (nSPS) is 18.1. The van der Waals surface area contributed by atoms with E-state index in [1.807, 2.05) is 24.3 Å². The molecule has 128 valence electrons. The highest BCUT2D eigenvalue weighted by molar-refractivity contribution is 7.89. The number of hydrogen-bond donors (Lipinski definition) is 1. The molecule has 1 fully saturated rings. The summed E-state index contributed by atoms with van der Waals surface area (Å²) in [4.78, 5) is 14.6. The Bertz CT molecular complexity index is 879. The van der Waals surface area contributed by atoms with E-state index in [9.17, 15) is 13.2 Å². The number of primary sulfonamides is 1. The van der Waals surface area contributed by atoms with E-state index in [2.05, 4.69) is 0 Å². The number of sulfonamides is 1. The van der Waals surface area contributed by atoms with Crippen molar-refractivity contribution < 1.29 is 17.9 Å². The van der Waals surface area contributed by atoms with Crippen LogP contribution in [0, 0.1) is 5.92 Å². The zero-order valence-corrected chi connectivity index (χ0v) is 14.3. The Morgan fingerprint density at radius 2 is 1.96 bits per heavy atom. The Morgan fingerprint density at radius 1 is 1.25 bits per heavy atom. The molecule has 2 aromatic carbocycles. The van der Waals surface area contributed by atoms with E-state index in [1.54, 1.807) is 24.1 Å². The number of carbonyl (C=O) groups excluding carboxylic acids is 1. The molecule has 0 radical (unpaired) electrons. The predicted octanol–water partition coefficient (Wildman–Crippen LogP) is 1.60.